The second-order valence-corrected chi connectivity index (χ2v) is 4.87. The van der Waals surface area contributed by atoms with Gasteiger partial charge in [-0.15, -0.1) is 0 Å². The summed E-state index contributed by atoms with van der Waals surface area (Å²) in [5.41, 5.74) is 0.744. The zero-order valence-corrected chi connectivity index (χ0v) is 11.3. The molecule has 5 heteroatoms. The van der Waals surface area contributed by atoms with E-state index in [1.54, 1.807) is 6.07 Å². The van der Waals surface area contributed by atoms with Crippen molar-refractivity contribution in [3.05, 3.63) is 17.5 Å². The second kappa shape index (κ2) is 5.52. The van der Waals surface area contributed by atoms with Gasteiger partial charge in [0.1, 0.15) is 0 Å². The van der Waals surface area contributed by atoms with Gasteiger partial charge in [-0.1, -0.05) is 19.0 Å². The van der Waals surface area contributed by atoms with Crippen LogP contribution in [0.3, 0.4) is 0 Å². The fraction of sp³-hybridized carbons (Fsp3) is 0.692. The molecule has 0 spiro atoms. The molecule has 0 aromatic carbocycles. The van der Waals surface area contributed by atoms with Crippen molar-refractivity contribution in [2.45, 2.75) is 45.7 Å². The van der Waals surface area contributed by atoms with E-state index in [0.717, 1.165) is 31.6 Å². The maximum Gasteiger partial charge on any atom is 0.292 e. The van der Waals surface area contributed by atoms with Crippen LogP contribution in [0.5, 0.6) is 0 Å². The molecule has 1 aromatic heterocycles. The van der Waals surface area contributed by atoms with Crippen LogP contribution in [0.4, 0.5) is 0 Å². The Kier molecular flexibility index (Phi) is 4.01. The molecule has 1 amide bonds. The Labute approximate surface area is 108 Å². The fourth-order valence-corrected chi connectivity index (χ4v) is 2.36. The highest BCUT2D eigenvalue weighted by atomic mass is 16.5. The molecule has 2 rings (SSSR count). The SMILES string of the molecule is CCC1CN(C(=O)c2cc(C)no2)C(CC)CN1. The summed E-state index contributed by atoms with van der Waals surface area (Å²) in [5, 5.41) is 7.26. The third kappa shape index (κ3) is 2.56. The number of aryl methyl sites for hydroxylation is 1. The highest BCUT2D eigenvalue weighted by Gasteiger charge is 2.31. The highest BCUT2D eigenvalue weighted by molar-refractivity contribution is 5.91. The van der Waals surface area contributed by atoms with Gasteiger partial charge in [0.05, 0.1) is 5.69 Å². The number of nitrogens with zero attached hydrogens (tertiary/aromatic N) is 2. The van der Waals surface area contributed by atoms with Gasteiger partial charge >= 0.3 is 0 Å². The van der Waals surface area contributed by atoms with Crippen molar-refractivity contribution in [2.75, 3.05) is 13.1 Å². The lowest BCUT2D eigenvalue weighted by atomic mass is 10.0. The van der Waals surface area contributed by atoms with E-state index in [4.69, 9.17) is 4.52 Å². The normalized spacial score (nSPS) is 24.3. The Morgan fingerprint density at radius 2 is 2.33 bits per heavy atom. The summed E-state index contributed by atoms with van der Waals surface area (Å²) in [6, 6.07) is 2.32. The number of piperazine rings is 1. The van der Waals surface area contributed by atoms with Crippen LogP contribution >= 0.6 is 0 Å². The largest absolute Gasteiger partial charge is 0.351 e. The van der Waals surface area contributed by atoms with Gasteiger partial charge in [0.2, 0.25) is 5.76 Å². The molecule has 0 bridgehead atoms. The van der Waals surface area contributed by atoms with Gasteiger partial charge in [0.15, 0.2) is 0 Å². The smallest absolute Gasteiger partial charge is 0.292 e. The summed E-state index contributed by atoms with van der Waals surface area (Å²) in [6.45, 7) is 7.65. The van der Waals surface area contributed by atoms with E-state index in [1.165, 1.54) is 0 Å². The molecule has 1 N–H and O–H groups in total. The first-order valence-corrected chi connectivity index (χ1v) is 6.63. The van der Waals surface area contributed by atoms with Crippen molar-refractivity contribution in [1.82, 2.24) is 15.4 Å². The Bertz CT molecular complexity index is 416. The van der Waals surface area contributed by atoms with Gasteiger partial charge in [0.25, 0.3) is 5.91 Å². The summed E-state index contributed by atoms with van der Waals surface area (Å²) >= 11 is 0. The van der Waals surface area contributed by atoms with Gasteiger partial charge in [-0.2, -0.15) is 0 Å². The Balaban J connectivity index is 2.14. The van der Waals surface area contributed by atoms with Crippen LogP contribution < -0.4 is 5.32 Å². The average Bonchev–Trinajstić information content (AvgIpc) is 2.83. The molecule has 1 aliphatic rings. The molecular weight excluding hydrogens is 230 g/mol. The first-order valence-electron chi connectivity index (χ1n) is 6.63. The van der Waals surface area contributed by atoms with Gasteiger partial charge < -0.3 is 14.7 Å². The standard InChI is InChI=1S/C13H21N3O2/c1-4-10-8-16(11(5-2)7-14-10)13(17)12-6-9(3)15-18-12/h6,10-11,14H,4-5,7-8H2,1-3H3. The molecule has 1 aliphatic heterocycles. The maximum atomic E-state index is 12.4. The highest BCUT2D eigenvalue weighted by Crippen LogP contribution is 2.16. The zero-order chi connectivity index (χ0) is 13.1. The van der Waals surface area contributed by atoms with Crippen LogP contribution in [0, 0.1) is 6.92 Å². The number of hydrogen-bond donors (Lipinski definition) is 1. The molecular formula is C13H21N3O2. The van der Waals surface area contributed by atoms with E-state index in [9.17, 15) is 4.79 Å². The summed E-state index contributed by atoms with van der Waals surface area (Å²) in [4.78, 5) is 14.3. The van der Waals surface area contributed by atoms with E-state index in [1.807, 2.05) is 11.8 Å². The van der Waals surface area contributed by atoms with Gasteiger partial charge in [0, 0.05) is 31.2 Å². The van der Waals surface area contributed by atoms with Gasteiger partial charge in [-0.05, 0) is 19.8 Å². The van der Waals surface area contributed by atoms with Crippen LogP contribution in [0.25, 0.3) is 0 Å². The topological polar surface area (TPSA) is 58.4 Å². The molecule has 2 atom stereocenters. The minimum absolute atomic E-state index is 0.0394. The third-order valence-electron chi connectivity index (χ3n) is 3.56. The van der Waals surface area contributed by atoms with Crippen molar-refractivity contribution in [3.8, 4) is 0 Å². The molecule has 0 aliphatic carbocycles. The number of carbonyl (C=O) groups is 1. The molecule has 18 heavy (non-hydrogen) atoms. The second-order valence-electron chi connectivity index (χ2n) is 4.87. The van der Waals surface area contributed by atoms with Crippen molar-refractivity contribution in [2.24, 2.45) is 0 Å². The number of carbonyl (C=O) groups excluding carboxylic acids is 1. The molecule has 0 saturated carbocycles. The van der Waals surface area contributed by atoms with E-state index in [-0.39, 0.29) is 11.9 Å². The molecule has 2 unspecified atom stereocenters. The third-order valence-corrected chi connectivity index (χ3v) is 3.56. The predicted octanol–water partition coefficient (Wildman–Crippen LogP) is 1.59. The van der Waals surface area contributed by atoms with Crippen molar-refractivity contribution in [3.63, 3.8) is 0 Å². The summed E-state index contributed by atoms with van der Waals surface area (Å²) < 4.78 is 5.08. The number of hydrogen-bond acceptors (Lipinski definition) is 4. The van der Waals surface area contributed by atoms with E-state index >= 15 is 0 Å². The fourth-order valence-electron chi connectivity index (χ4n) is 2.36. The summed E-state index contributed by atoms with van der Waals surface area (Å²) in [7, 11) is 0. The number of rotatable bonds is 3. The van der Waals surface area contributed by atoms with E-state index < -0.39 is 0 Å². The van der Waals surface area contributed by atoms with Gasteiger partial charge in [-0.25, -0.2) is 0 Å². The lowest BCUT2D eigenvalue weighted by molar-refractivity contribution is 0.0534. The molecule has 100 valence electrons. The monoisotopic (exact) mass is 251 g/mol. The van der Waals surface area contributed by atoms with Crippen LogP contribution in [-0.2, 0) is 0 Å². The van der Waals surface area contributed by atoms with Crippen molar-refractivity contribution >= 4 is 5.91 Å². The Morgan fingerprint density at radius 3 is 2.89 bits per heavy atom. The first-order chi connectivity index (χ1) is 8.65. The van der Waals surface area contributed by atoms with Crippen LogP contribution in [0.15, 0.2) is 10.6 Å². The number of nitrogens with one attached hydrogen (secondary N) is 1. The van der Waals surface area contributed by atoms with Crippen LogP contribution in [0.1, 0.15) is 42.9 Å². The molecule has 5 nitrogen and oxygen atoms in total. The lowest BCUT2D eigenvalue weighted by Gasteiger charge is -2.39. The van der Waals surface area contributed by atoms with Crippen molar-refractivity contribution < 1.29 is 9.32 Å². The molecule has 1 fully saturated rings. The quantitative estimate of drug-likeness (QED) is 0.886. The van der Waals surface area contributed by atoms with Crippen LogP contribution in [-0.4, -0.2) is 41.1 Å². The zero-order valence-electron chi connectivity index (χ0n) is 11.3. The number of amides is 1. The Hall–Kier alpha value is -1.36. The molecule has 2 heterocycles. The summed E-state index contributed by atoms with van der Waals surface area (Å²) in [6.07, 6.45) is 1.97. The van der Waals surface area contributed by atoms with Gasteiger partial charge in [-0.3, -0.25) is 4.79 Å². The summed E-state index contributed by atoms with van der Waals surface area (Å²) in [5.74, 6) is 0.310. The number of aromatic nitrogens is 1. The van der Waals surface area contributed by atoms with Crippen LogP contribution in [0.2, 0.25) is 0 Å². The van der Waals surface area contributed by atoms with E-state index in [2.05, 4.69) is 24.3 Å². The molecule has 1 aromatic rings. The Morgan fingerprint density at radius 1 is 1.56 bits per heavy atom. The molecule has 0 radical (unpaired) electrons. The average molecular weight is 251 g/mol. The van der Waals surface area contributed by atoms with Crippen molar-refractivity contribution in [1.29, 1.82) is 0 Å². The minimum Gasteiger partial charge on any atom is -0.351 e. The predicted molar refractivity (Wildman–Crippen MR) is 68.4 cm³/mol. The minimum atomic E-state index is -0.0394. The lowest BCUT2D eigenvalue weighted by Crippen LogP contribution is -2.57. The van der Waals surface area contributed by atoms with E-state index in [0.29, 0.717) is 11.8 Å². The molecule has 1 saturated heterocycles. The first kappa shape index (κ1) is 13.1. The maximum absolute atomic E-state index is 12.4.